The Morgan fingerprint density at radius 2 is 2.18 bits per heavy atom. The fraction of sp³-hybridized carbons (Fsp3) is 0.500. The number of hydrogen-bond donors (Lipinski definition) is 1. The summed E-state index contributed by atoms with van der Waals surface area (Å²) < 4.78 is 23.8. The lowest BCUT2D eigenvalue weighted by Crippen LogP contribution is -2.29. The van der Waals surface area contributed by atoms with Crippen molar-refractivity contribution in [3.8, 4) is 0 Å². The number of benzene rings is 1. The van der Waals surface area contributed by atoms with Gasteiger partial charge in [0.2, 0.25) is 0 Å². The molecule has 94 valence electrons. The molecule has 0 spiro atoms. The maximum Gasteiger partial charge on any atom is 0.152 e. The van der Waals surface area contributed by atoms with E-state index in [2.05, 4.69) is 6.07 Å². The number of sulfone groups is 1. The van der Waals surface area contributed by atoms with Gasteiger partial charge in [0.25, 0.3) is 0 Å². The van der Waals surface area contributed by atoms with Crippen molar-refractivity contribution >= 4 is 21.6 Å². The molecular weight excluding hydrogens is 254 g/mol. The predicted molar refractivity (Wildman–Crippen MR) is 72.2 cm³/mol. The number of rotatable bonds is 4. The molecule has 0 amide bonds. The average Bonchev–Trinajstić information content (AvgIpc) is 2.59. The predicted octanol–water partition coefficient (Wildman–Crippen LogP) is 1.64. The summed E-state index contributed by atoms with van der Waals surface area (Å²) in [5, 5.41) is 0. The molecule has 0 aromatic heterocycles. The third-order valence-corrected chi connectivity index (χ3v) is 5.97. The smallest absolute Gasteiger partial charge is 0.152 e. The third-order valence-electron chi connectivity index (χ3n) is 2.77. The largest absolute Gasteiger partial charge is 0.327 e. The molecule has 2 atom stereocenters. The lowest BCUT2D eigenvalue weighted by Gasteiger charge is -2.12. The van der Waals surface area contributed by atoms with Crippen LogP contribution in [0.15, 0.2) is 29.2 Å². The Hall–Kier alpha value is -0.520. The molecule has 1 heterocycles. The van der Waals surface area contributed by atoms with E-state index in [-0.39, 0.29) is 23.5 Å². The monoisotopic (exact) mass is 271 g/mol. The van der Waals surface area contributed by atoms with Crippen LogP contribution in [0.5, 0.6) is 0 Å². The van der Waals surface area contributed by atoms with E-state index >= 15 is 0 Å². The third kappa shape index (κ3) is 3.24. The van der Waals surface area contributed by atoms with Crippen molar-refractivity contribution in [2.45, 2.75) is 23.8 Å². The Labute approximate surface area is 107 Å². The molecule has 1 aromatic carbocycles. The zero-order valence-electron chi connectivity index (χ0n) is 9.80. The Kier molecular flexibility index (Phi) is 3.80. The van der Waals surface area contributed by atoms with Crippen molar-refractivity contribution in [3.63, 3.8) is 0 Å². The Morgan fingerprint density at radius 3 is 2.88 bits per heavy atom. The Bertz CT molecular complexity index is 497. The second kappa shape index (κ2) is 5.00. The maximum atomic E-state index is 11.9. The second-order valence-corrected chi connectivity index (χ2v) is 7.82. The van der Waals surface area contributed by atoms with Crippen LogP contribution in [-0.2, 0) is 9.84 Å². The number of hydrogen-bond acceptors (Lipinski definition) is 4. The van der Waals surface area contributed by atoms with Gasteiger partial charge in [-0.05, 0) is 18.6 Å². The van der Waals surface area contributed by atoms with Crippen molar-refractivity contribution in [2.75, 3.05) is 17.3 Å². The van der Waals surface area contributed by atoms with Crippen LogP contribution < -0.4 is 5.73 Å². The summed E-state index contributed by atoms with van der Waals surface area (Å²) in [7, 11) is -3.05. The van der Waals surface area contributed by atoms with Crippen LogP contribution in [0.2, 0.25) is 0 Å². The minimum Gasteiger partial charge on any atom is -0.327 e. The molecular formula is C12H17NO2S2. The Morgan fingerprint density at radius 1 is 1.47 bits per heavy atom. The van der Waals surface area contributed by atoms with Crippen LogP contribution in [0, 0.1) is 0 Å². The van der Waals surface area contributed by atoms with Crippen molar-refractivity contribution < 1.29 is 8.42 Å². The molecule has 0 bridgehead atoms. The molecule has 1 aromatic rings. The van der Waals surface area contributed by atoms with Gasteiger partial charge in [0.05, 0.1) is 11.5 Å². The van der Waals surface area contributed by atoms with Gasteiger partial charge < -0.3 is 5.73 Å². The van der Waals surface area contributed by atoms with Crippen LogP contribution >= 0.6 is 11.8 Å². The highest BCUT2D eigenvalue weighted by molar-refractivity contribution is 7.99. The summed E-state index contributed by atoms with van der Waals surface area (Å²) in [5.41, 5.74) is 6.74. The van der Waals surface area contributed by atoms with Gasteiger partial charge in [-0.15, -0.1) is 11.8 Å². The molecule has 17 heavy (non-hydrogen) atoms. The highest BCUT2D eigenvalue weighted by Crippen LogP contribution is 2.39. The highest BCUT2D eigenvalue weighted by Gasteiger charge is 2.28. The summed E-state index contributed by atoms with van der Waals surface area (Å²) in [4.78, 5) is 1.22. The first-order chi connectivity index (χ1) is 7.98. The topological polar surface area (TPSA) is 60.2 Å². The van der Waals surface area contributed by atoms with Crippen molar-refractivity contribution in [2.24, 2.45) is 5.73 Å². The molecule has 5 heteroatoms. The molecule has 0 fully saturated rings. The van der Waals surface area contributed by atoms with Crippen molar-refractivity contribution in [3.05, 3.63) is 29.8 Å². The fourth-order valence-electron chi connectivity index (χ4n) is 2.14. The van der Waals surface area contributed by atoms with E-state index in [1.807, 2.05) is 18.2 Å². The van der Waals surface area contributed by atoms with E-state index in [4.69, 9.17) is 5.73 Å². The quantitative estimate of drug-likeness (QED) is 0.904. The first-order valence-electron chi connectivity index (χ1n) is 5.65. The zero-order valence-corrected chi connectivity index (χ0v) is 11.4. The molecule has 0 radical (unpaired) electrons. The molecule has 2 rings (SSSR count). The zero-order chi connectivity index (χ0) is 12.5. The molecule has 1 aliphatic heterocycles. The number of fused-ring (bicyclic) bond motifs is 1. The lowest BCUT2D eigenvalue weighted by molar-refractivity contribution is 0.585. The average molecular weight is 271 g/mol. The molecule has 0 saturated carbocycles. The summed E-state index contributed by atoms with van der Waals surface area (Å²) in [6.07, 6.45) is 0. The molecule has 1 aliphatic rings. The maximum absolute atomic E-state index is 11.9. The van der Waals surface area contributed by atoms with E-state index < -0.39 is 9.84 Å². The van der Waals surface area contributed by atoms with Gasteiger partial charge >= 0.3 is 0 Å². The minimum atomic E-state index is -3.05. The van der Waals surface area contributed by atoms with Gasteiger partial charge in [0, 0.05) is 22.6 Å². The van der Waals surface area contributed by atoms with Gasteiger partial charge in [-0.1, -0.05) is 18.2 Å². The van der Waals surface area contributed by atoms with Gasteiger partial charge in [0.15, 0.2) is 9.84 Å². The van der Waals surface area contributed by atoms with Crippen LogP contribution in [-0.4, -0.2) is 31.7 Å². The first-order valence-corrected chi connectivity index (χ1v) is 8.46. The van der Waals surface area contributed by atoms with Gasteiger partial charge in [-0.3, -0.25) is 0 Å². The van der Waals surface area contributed by atoms with Crippen molar-refractivity contribution in [1.29, 1.82) is 0 Å². The lowest BCUT2D eigenvalue weighted by atomic mass is 10.0. The Balaban J connectivity index is 2.12. The molecule has 2 N–H and O–H groups in total. The molecule has 3 nitrogen and oxygen atoms in total. The fourth-order valence-corrected chi connectivity index (χ4v) is 5.39. The van der Waals surface area contributed by atoms with Crippen LogP contribution in [0.25, 0.3) is 0 Å². The van der Waals surface area contributed by atoms with Gasteiger partial charge in [0.1, 0.15) is 0 Å². The molecule has 0 aliphatic carbocycles. The minimum absolute atomic E-state index is 0.0797. The summed E-state index contributed by atoms with van der Waals surface area (Å²) in [6, 6.07) is 7.75. The summed E-state index contributed by atoms with van der Waals surface area (Å²) in [5.74, 6) is 1.28. The van der Waals surface area contributed by atoms with Crippen LogP contribution in [0.1, 0.15) is 18.4 Å². The molecule has 0 saturated heterocycles. The van der Waals surface area contributed by atoms with Crippen molar-refractivity contribution in [1.82, 2.24) is 0 Å². The van der Waals surface area contributed by atoms with E-state index in [0.29, 0.717) is 0 Å². The summed E-state index contributed by atoms with van der Waals surface area (Å²) in [6.45, 7) is 1.73. The number of nitrogens with two attached hydrogens (primary N) is 1. The standard InChI is InChI=1S/C12H17NO2S2/c1-9(13)7-17(14,15)8-10-6-16-12-5-3-2-4-11(10)12/h2-5,9-10H,6-8,13H2,1H3. The van der Waals surface area contributed by atoms with E-state index in [9.17, 15) is 8.42 Å². The van der Waals surface area contributed by atoms with E-state index in [0.717, 1.165) is 5.75 Å². The molecule has 2 unspecified atom stereocenters. The second-order valence-electron chi connectivity index (χ2n) is 4.60. The normalized spacial score (nSPS) is 21.2. The highest BCUT2D eigenvalue weighted by atomic mass is 32.2. The van der Waals surface area contributed by atoms with E-state index in [1.165, 1.54) is 10.5 Å². The number of thioether (sulfide) groups is 1. The van der Waals surface area contributed by atoms with Crippen LogP contribution in [0.3, 0.4) is 0 Å². The summed E-state index contributed by atoms with van der Waals surface area (Å²) >= 11 is 1.74. The van der Waals surface area contributed by atoms with Gasteiger partial charge in [-0.2, -0.15) is 0 Å². The first kappa shape index (κ1) is 12.9. The van der Waals surface area contributed by atoms with E-state index in [1.54, 1.807) is 18.7 Å². The SMILES string of the molecule is CC(N)CS(=O)(=O)CC1CSc2ccccc21. The van der Waals surface area contributed by atoms with Crippen LogP contribution in [0.4, 0.5) is 0 Å². The van der Waals surface area contributed by atoms with Gasteiger partial charge in [-0.25, -0.2) is 8.42 Å².